The van der Waals surface area contributed by atoms with Gasteiger partial charge in [-0.1, -0.05) is 64.5 Å². The first kappa shape index (κ1) is 19.6. The number of halogens is 1. The summed E-state index contributed by atoms with van der Waals surface area (Å²) >= 11 is 3.56. The van der Waals surface area contributed by atoms with Crippen molar-refractivity contribution < 1.29 is 9.57 Å². The highest BCUT2D eigenvalue weighted by atomic mass is 79.9. The minimum atomic E-state index is -0.382. The molecular formula is C25H19BrN2O3. The number of H-pyrrole nitrogens is 1. The molecule has 0 saturated heterocycles. The Balaban J connectivity index is 1.74. The van der Waals surface area contributed by atoms with Gasteiger partial charge in [0.25, 0.3) is 5.56 Å². The predicted molar refractivity (Wildman–Crippen MR) is 126 cm³/mol. The summed E-state index contributed by atoms with van der Waals surface area (Å²) in [5.74, 6) is 0.728. The SMILES string of the molecule is COc1ccccc1[C@@H]1C=C(c2c(-c3ccccc3)c3cc(Br)ccc3[nH]c2=O)NO1. The van der Waals surface area contributed by atoms with Crippen LogP contribution in [0.5, 0.6) is 5.75 Å². The van der Waals surface area contributed by atoms with E-state index in [9.17, 15) is 4.79 Å². The number of pyridine rings is 1. The fraction of sp³-hybridized carbons (Fsp3) is 0.0800. The Hall–Kier alpha value is -3.35. The maximum Gasteiger partial charge on any atom is 0.258 e. The van der Waals surface area contributed by atoms with Gasteiger partial charge in [-0.05, 0) is 35.9 Å². The molecule has 0 aliphatic carbocycles. The number of fused-ring (bicyclic) bond motifs is 1. The number of benzene rings is 3. The van der Waals surface area contributed by atoms with Crippen molar-refractivity contribution in [2.75, 3.05) is 7.11 Å². The Labute approximate surface area is 187 Å². The highest BCUT2D eigenvalue weighted by Crippen LogP contribution is 2.38. The minimum absolute atomic E-state index is 0.184. The van der Waals surface area contributed by atoms with Crippen LogP contribution in [0.3, 0.4) is 0 Å². The van der Waals surface area contributed by atoms with E-state index in [-0.39, 0.29) is 11.7 Å². The standard InChI is InChI=1S/C25H19BrN2O3/c1-30-21-10-6-5-9-17(21)22-14-20(28-31-22)24-23(15-7-3-2-4-8-15)18-13-16(26)11-12-19(18)27-25(24)29/h2-14,22,28H,1H3,(H,27,29)/t22-/m0/s1. The van der Waals surface area contributed by atoms with Gasteiger partial charge < -0.3 is 9.72 Å². The number of hydrogen-bond donors (Lipinski definition) is 2. The summed E-state index contributed by atoms with van der Waals surface area (Å²) in [5, 5.41) is 0.943. The molecule has 1 atom stereocenters. The molecule has 6 heteroatoms. The maximum absolute atomic E-state index is 13.2. The van der Waals surface area contributed by atoms with Crippen LogP contribution in [-0.4, -0.2) is 12.1 Å². The number of para-hydroxylation sites is 1. The van der Waals surface area contributed by atoms with E-state index in [1.165, 1.54) is 0 Å². The molecule has 0 radical (unpaired) electrons. The molecule has 0 bridgehead atoms. The molecule has 154 valence electrons. The number of aromatic nitrogens is 1. The van der Waals surface area contributed by atoms with Crippen LogP contribution in [0.15, 0.2) is 88.1 Å². The highest BCUT2D eigenvalue weighted by Gasteiger charge is 2.26. The number of methoxy groups -OCH3 is 1. The summed E-state index contributed by atoms with van der Waals surface area (Å²) < 4.78 is 6.41. The molecule has 0 unspecified atom stereocenters. The Bertz CT molecular complexity index is 1360. The van der Waals surface area contributed by atoms with Gasteiger partial charge in [-0.3, -0.25) is 15.1 Å². The number of ether oxygens (including phenoxy) is 1. The number of hydroxylamine groups is 1. The molecule has 0 fully saturated rings. The van der Waals surface area contributed by atoms with Crippen LogP contribution in [0.1, 0.15) is 17.2 Å². The van der Waals surface area contributed by atoms with Crippen LogP contribution in [0.4, 0.5) is 0 Å². The first-order valence-corrected chi connectivity index (χ1v) is 10.6. The molecule has 5 nitrogen and oxygen atoms in total. The van der Waals surface area contributed by atoms with Crippen LogP contribution in [-0.2, 0) is 4.84 Å². The van der Waals surface area contributed by atoms with Crippen molar-refractivity contribution in [1.29, 1.82) is 0 Å². The molecule has 1 aliphatic rings. The van der Waals surface area contributed by atoms with Crippen molar-refractivity contribution in [2.24, 2.45) is 0 Å². The second-order valence-electron chi connectivity index (χ2n) is 7.22. The fourth-order valence-electron chi connectivity index (χ4n) is 3.96. The van der Waals surface area contributed by atoms with Crippen molar-refractivity contribution in [3.05, 3.63) is 105 Å². The summed E-state index contributed by atoms with van der Waals surface area (Å²) in [4.78, 5) is 22.1. The first-order valence-electron chi connectivity index (χ1n) is 9.83. The lowest BCUT2D eigenvalue weighted by Gasteiger charge is -2.14. The van der Waals surface area contributed by atoms with E-state index < -0.39 is 0 Å². The minimum Gasteiger partial charge on any atom is -0.496 e. The summed E-state index contributed by atoms with van der Waals surface area (Å²) in [7, 11) is 1.63. The van der Waals surface area contributed by atoms with Gasteiger partial charge in [0.1, 0.15) is 11.9 Å². The maximum atomic E-state index is 13.2. The molecule has 3 aromatic carbocycles. The molecule has 1 aliphatic heterocycles. The van der Waals surface area contributed by atoms with E-state index in [0.29, 0.717) is 11.3 Å². The van der Waals surface area contributed by atoms with Crippen LogP contribution in [0, 0.1) is 0 Å². The Kier molecular flexibility index (Phi) is 5.10. The van der Waals surface area contributed by atoms with Gasteiger partial charge in [0.05, 0.1) is 18.4 Å². The lowest BCUT2D eigenvalue weighted by molar-refractivity contribution is 0.0497. The van der Waals surface area contributed by atoms with Crippen molar-refractivity contribution in [3.8, 4) is 16.9 Å². The van der Waals surface area contributed by atoms with E-state index >= 15 is 0 Å². The summed E-state index contributed by atoms with van der Waals surface area (Å²) in [6.45, 7) is 0. The van der Waals surface area contributed by atoms with Crippen LogP contribution < -0.4 is 15.8 Å². The molecule has 2 N–H and O–H groups in total. The van der Waals surface area contributed by atoms with E-state index in [0.717, 1.165) is 37.8 Å². The van der Waals surface area contributed by atoms with Crippen molar-refractivity contribution >= 4 is 32.5 Å². The molecule has 0 amide bonds. The first-order chi connectivity index (χ1) is 15.2. The molecule has 1 aromatic heterocycles. The van der Waals surface area contributed by atoms with Gasteiger partial charge >= 0.3 is 0 Å². The van der Waals surface area contributed by atoms with Crippen LogP contribution >= 0.6 is 15.9 Å². The number of nitrogens with one attached hydrogen (secondary N) is 2. The monoisotopic (exact) mass is 474 g/mol. The van der Waals surface area contributed by atoms with E-state index in [1.54, 1.807) is 7.11 Å². The average molecular weight is 475 g/mol. The summed E-state index contributed by atoms with van der Waals surface area (Å²) in [6, 6.07) is 23.4. The molecular weight excluding hydrogens is 456 g/mol. The third-order valence-corrected chi connectivity index (χ3v) is 5.86. The molecule has 31 heavy (non-hydrogen) atoms. The molecule has 0 spiro atoms. The average Bonchev–Trinajstić information content (AvgIpc) is 3.28. The third kappa shape index (κ3) is 3.54. The normalized spacial score (nSPS) is 15.5. The zero-order valence-corrected chi connectivity index (χ0v) is 18.3. The van der Waals surface area contributed by atoms with Crippen molar-refractivity contribution in [2.45, 2.75) is 6.10 Å². The van der Waals surface area contributed by atoms with Crippen LogP contribution in [0.25, 0.3) is 27.7 Å². The summed E-state index contributed by atoms with van der Waals surface area (Å²) in [6.07, 6.45) is 1.53. The quantitative estimate of drug-likeness (QED) is 0.405. The molecule has 2 heterocycles. The largest absolute Gasteiger partial charge is 0.496 e. The lowest BCUT2D eigenvalue weighted by Crippen LogP contribution is -2.19. The number of aromatic amines is 1. The zero-order chi connectivity index (χ0) is 21.4. The van der Waals surface area contributed by atoms with E-state index in [4.69, 9.17) is 9.57 Å². The van der Waals surface area contributed by atoms with Crippen molar-refractivity contribution in [3.63, 3.8) is 0 Å². The Morgan fingerprint density at radius 2 is 1.74 bits per heavy atom. The summed E-state index contributed by atoms with van der Waals surface area (Å²) in [5.41, 5.74) is 7.41. The second-order valence-corrected chi connectivity index (χ2v) is 8.14. The Morgan fingerprint density at radius 1 is 0.968 bits per heavy atom. The molecule has 4 aromatic rings. The highest BCUT2D eigenvalue weighted by molar-refractivity contribution is 9.10. The topological polar surface area (TPSA) is 63.4 Å². The predicted octanol–water partition coefficient (Wildman–Crippen LogP) is 5.58. The van der Waals surface area contributed by atoms with Crippen molar-refractivity contribution in [1.82, 2.24) is 10.5 Å². The smallest absolute Gasteiger partial charge is 0.258 e. The van der Waals surface area contributed by atoms with Gasteiger partial charge in [-0.2, -0.15) is 0 Å². The third-order valence-electron chi connectivity index (χ3n) is 5.37. The second kappa shape index (κ2) is 8.06. The van der Waals surface area contributed by atoms with Crippen LogP contribution in [0.2, 0.25) is 0 Å². The van der Waals surface area contributed by atoms with Gasteiger partial charge in [-0.25, -0.2) is 0 Å². The zero-order valence-electron chi connectivity index (χ0n) is 16.7. The molecule has 5 rings (SSSR count). The van der Waals surface area contributed by atoms with Gasteiger partial charge in [0, 0.05) is 26.5 Å². The lowest BCUT2D eigenvalue weighted by atomic mass is 9.94. The number of hydrogen-bond acceptors (Lipinski definition) is 4. The Morgan fingerprint density at radius 3 is 2.55 bits per heavy atom. The van der Waals surface area contributed by atoms with Gasteiger partial charge in [0.15, 0.2) is 0 Å². The molecule has 0 saturated carbocycles. The van der Waals surface area contributed by atoms with E-state index in [2.05, 4.69) is 26.4 Å². The van der Waals surface area contributed by atoms with E-state index in [1.807, 2.05) is 78.9 Å². The fourth-order valence-corrected chi connectivity index (χ4v) is 4.32. The number of rotatable bonds is 4. The van der Waals surface area contributed by atoms with Gasteiger partial charge in [-0.15, -0.1) is 0 Å². The van der Waals surface area contributed by atoms with Gasteiger partial charge in [0.2, 0.25) is 0 Å².